The Kier molecular flexibility index (Phi) is 4.26. The van der Waals surface area contributed by atoms with Crippen molar-refractivity contribution >= 4 is 32.8 Å². The van der Waals surface area contributed by atoms with Crippen molar-refractivity contribution in [2.24, 2.45) is 0 Å². The number of rotatable bonds is 4. The lowest BCUT2D eigenvalue weighted by molar-refractivity contribution is -0.146. The lowest BCUT2D eigenvalue weighted by Crippen LogP contribution is -2.25. The topological polar surface area (TPSA) is 61.9 Å². The number of nitrogens with zero attached hydrogens (tertiary/aromatic N) is 4. The number of fused-ring (bicyclic) bond motifs is 2. The van der Waals surface area contributed by atoms with Crippen molar-refractivity contribution in [2.75, 3.05) is 6.61 Å². The summed E-state index contributed by atoms with van der Waals surface area (Å²) >= 11 is 3.23. The molecule has 0 bridgehead atoms. The van der Waals surface area contributed by atoms with E-state index in [0.717, 1.165) is 0 Å². The molecule has 0 saturated carbocycles. The first-order valence-electron chi connectivity index (χ1n) is 8.16. The molecule has 0 N–H and O–H groups in total. The third-order valence-corrected chi connectivity index (χ3v) is 4.84. The summed E-state index contributed by atoms with van der Waals surface area (Å²) in [5, 5.41) is 4.62. The summed E-state index contributed by atoms with van der Waals surface area (Å²) in [6.07, 6.45) is 2.12. The molecule has 3 heterocycles. The van der Waals surface area contributed by atoms with Gasteiger partial charge in [0.05, 0.1) is 36.1 Å². The summed E-state index contributed by atoms with van der Waals surface area (Å²) < 4.78 is 36.7. The Morgan fingerprint density at radius 3 is 3.08 bits per heavy atom. The van der Waals surface area contributed by atoms with Gasteiger partial charge in [-0.25, -0.2) is 18.6 Å². The molecule has 0 radical (unpaired) electrons. The quantitative estimate of drug-likeness (QED) is 0.603. The first-order valence-corrected chi connectivity index (χ1v) is 8.95. The smallest absolute Gasteiger partial charge is 0.337 e. The predicted molar refractivity (Wildman–Crippen MR) is 93.0 cm³/mol. The van der Waals surface area contributed by atoms with Crippen molar-refractivity contribution in [3.8, 4) is 0 Å². The minimum Gasteiger partial charge on any atom is -0.464 e. The minimum atomic E-state index is -1.01. The van der Waals surface area contributed by atoms with Crippen molar-refractivity contribution < 1.29 is 18.3 Å². The van der Waals surface area contributed by atoms with Crippen LogP contribution in [0.1, 0.15) is 24.4 Å². The number of hydrogen-bond acceptors (Lipinski definition) is 4. The summed E-state index contributed by atoms with van der Waals surface area (Å²) in [6.45, 7) is 2.08. The Bertz CT molecular complexity index is 1000. The average Bonchev–Trinajstić information content (AvgIpc) is 3.23. The number of alkyl halides is 1. The Morgan fingerprint density at radius 2 is 2.31 bits per heavy atom. The maximum Gasteiger partial charge on any atom is 0.337 e. The van der Waals surface area contributed by atoms with Crippen LogP contribution in [0.25, 0.3) is 10.9 Å². The van der Waals surface area contributed by atoms with Crippen molar-refractivity contribution in [1.29, 1.82) is 0 Å². The van der Waals surface area contributed by atoms with Crippen LogP contribution in [0.15, 0.2) is 29.1 Å². The molecule has 136 valence electrons. The number of benzene rings is 1. The van der Waals surface area contributed by atoms with Gasteiger partial charge in [-0.2, -0.15) is 5.10 Å². The monoisotopic (exact) mass is 424 g/mol. The van der Waals surface area contributed by atoms with Gasteiger partial charge < -0.3 is 9.30 Å². The van der Waals surface area contributed by atoms with E-state index in [9.17, 15) is 13.6 Å². The van der Waals surface area contributed by atoms with E-state index >= 15 is 0 Å². The van der Waals surface area contributed by atoms with Crippen molar-refractivity contribution in [2.45, 2.75) is 32.1 Å². The van der Waals surface area contributed by atoms with Crippen LogP contribution in [-0.4, -0.2) is 38.1 Å². The summed E-state index contributed by atoms with van der Waals surface area (Å²) in [6, 6.07) is 1.99. The lowest BCUT2D eigenvalue weighted by Gasteiger charge is -2.15. The van der Waals surface area contributed by atoms with E-state index in [2.05, 4.69) is 26.0 Å². The Hall–Kier alpha value is -2.29. The fraction of sp³-hybridized carbons (Fsp3) is 0.353. The van der Waals surface area contributed by atoms with Gasteiger partial charge >= 0.3 is 5.97 Å². The first kappa shape index (κ1) is 17.1. The number of carbonyl (C=O) groups excluding carboxylic acids is 1. The highest BCUT2D eigenvalue weighted by Gasteiger charge is 2.34. The van der Waals surface area contributed by atoms with Gasteiger partial charge in [-0.05, 0) is 19.1 Å². The van der Waals surface area contributed by atoms with E-state index in [1.807, 2.05) is 0 Å². The lowest BCUT2D eigenvalue weighted by atomic mass is 10.1. The van der Waals surface area contributed by atoms with Gasteiger partial charge in [-0.3, -0.25) is 4.68 Å². The van der Waals surface area contributed by atoms with Crippen LogP contribution in [0.3, 0.4) is 0 Å². The molecule has 0 fully saturated rings. The molecule has 0 saturated heterocycles. The number of imidazole rings is 1. The molecule has 1 aliphatic rings. The SMILES string of the molecule is CCOC(=O)C(c1ncn2c1CC(F)C2)n1cc2c(F)cc(Br)cc2n1. The third-order valence-electron chi connectivity index (χ3n) is 4.38. The van der Waals surface area contributed by atoms with Crippen molar-refractivity contribution in [3.63, 3.8) is 0 Å². The highest BCUT2D eigenvalue weighted by atomic mass is 79.9. The van der Waals surface area contributed by atoms with E-state index in [0.29, 0.717) is 21.4 Å². The summed E-state index contributed by atoms with van der Waals surface area (Å²) in [5.74, 6) is -1.02. The standard InChI is InChI=1S/C17H15BrF2N4O2/c1-2-26-17(25)16(15-14-5-10(19)6-23(14)8-21-15)24-7-11-12(20)3-9(18)4-13(11)22-24/h3-4,7-8,10,16H,2,5-6H2,1H3. The maximum atomic E-state index is 14.2. The molecule has 9 heteroatoms. The fourth-order valence-electron chi connectivity index (χ4n) is 3.28. The Balaban J connectivity index is 1.85. The van der Waals surface area contributed by atoms with Crippen LogP contribution in [0.5, 0.6) is 0 Å². The molecule has 0 amide bonds. The van der Waals surface area contributed by atoms with Crippen LogP contribution in [-0.2, 0) is 22.5 Å². The van der Waals surface area contributed by atoms with Gasteiger partial charge in [0, 0.05) is 22.8 Å². The number of carbonyl (C=O) groups is 1. The minimum absolute atomic E-state index is 0.173. The second-order valence-electron chi connectivity index (χ2n) is 6.11. The molecule has 3 aromatic rings. The zero-order valence-electron chi connectivity index (χ0n) is 13.8. The van der Waals surface area contributed by atoms with E-state index in [4.69, 9.17) is 4.74 Å². The van der Waals surface area contributed by atoms with Crippen molar-refractivity contribution in [1.82, 2.24) is 19.3 Å². The van der Waals surface area contributed by atoms with Crippen LogP contribution >= 0.6 is 15.9 Å². The summed E-state index contributed by atoms with van der Waals surface area (Å²) in [5.41, 5.74) is 1.41. The molecule has 4 rings (SSSR count). The molecule has 6 nitrogen and oxygen atoms in total. The second-order valence-corrected chi connectivity index (χ2v) is 7.03. The third kappa shape index (κ3) is 2.80. The molecule has 2 aromatic heterocycles. The van der Waals surface area contributed by atoms with Crippen LogP contribution in [0.4, 0.5) is 8.78 Å². The highest BCUT2D eigenvalue weighted by Crippen LogP contribution is 2.30. The first-order chi connectivity index (χ1) is 12.5. The molecule has 1 aliphatic heterocycles. The second kappa shape index (κ2) is 6.46. The van der Waals surface area contributed by atoms with E-state index in [1.54, 1.807) is 17.6 Å². The predicted octanol–water partition coefficient (Wildman–Crippen LogP) is 3.18. The van der Waals surface area contributed by atoms with E-state index in [-0.39, 0.29) is 25.0 Å². The van der Waals surface area contributed by atoms with Crippen LogP contribution in [0.2, 0.25) is 0 Å². The number of hydrogen-bond donors (Lipinski definition) is 0. The summed E-state index contributed by atoms with van der Waals surface area (Å²) in [7, 11) is 0. The summed E-state index contributed by atoms with van der Waals surface area (Å²) in [4.78, 5) is 16.9. The molecule has 0 aliphatic carbocycles. The van der Waals surface area contributed by atoms with Crippen molar-refractivity contribution in [3.05, 3.63) is 46.3 Å². The molecular weight excluding hydrogens is 410 g/mol. The molecule has 2 atom stereocenters. The van der Waals surface area contributed by atoms with Crippen LogP contribution in [0, 0.1) is 5.82 Å². The van der Waals surface area contributed by atoms with E-state index < -0.39 is 24.0 Å². The van der Waals surface area contributed by atoms with Gasteiger partial charge in [0.15, 0.2) is 6.04 Å². The highest BCUT2D eigenvalue weighted by molar-refractivity contribution is 9.10. The fourth-order valence-corrected chi connectivity index (χ4v) is 3.70. The molecule has 26 heavy (non-hydrogen) atoms. The molecule has 0 spiro atoms. The number of ether oxygens (including phenoxy) is 1. The zero-order valence-corrected chi connectivity index (χ0v) is 15.4. The zero-order chi connectivity index (χ0) is 18.4. The van der Waals surface area contributed by atoms with Gasteiger partial charge in [0.25, 0.3) is 0 Å². The van der Waals surface area contributed by atoms with Crippen LogP contribution < -0.4 is 0 Å². The number of aromatic nitrogens is 4. The largest absolute Gasteiger partial charge is 0.464 e. The van der Waals surface area contributed by atoms with Gasteiger partial charge in [-0.1, -0.05) is 15.9 Å². The number of halogens is 3. The maximum absolute atomic E-state index is 14.2. The van der Waals surface area contributed by atoms with Gasteiger partial charge in [-0.15, -0.1) is 0 Å². The molecule has 1 aromatic carbocycles. The molecule has 2 unspecified atom stereocenters. The Labute approximate surface area is 155 Å². The number of esters is 1. The average molecular weight is 425 g/mol. The molecular formula is C17H15BrF2N4O2. The van der Waals surface area contributed by atoms with Gasteiger partial charge in [0.1, 0.15) is 12.0 Å². The Morgan fingerprint density at radius 1 is 1.50 bits per heavy atom. The van der Waals surface area contributed by atoms with Gasteiger partial charge in [0.2, 0.25) is 0 Å². The van der Waals surface area contributed by atoms with E-state index in [1.165, 1.54) is 23.3 Å². The normalized spacial score (nSPS) is 17.5.